The summed E-state index contributed by atoms with van der Waals surface area (Å²) in [4.78, 5) is 10.8. The number of halogens is 2. The highest BCUT2D eigenvalue weighted by molar-refractivity contribution is 6.34. The molecular weight excluding hydrogens is 475 g/mol. The molecule has 2 aliphatic rings. The second-order valence-corrected chi connectivity index (χ2v) is 9.50. The minimum absolute atomic E-state index is 0.153. The van der Waals surface area contributed by atoms with Gasteiger partial charge in [0, 0.05) is 55.1 Å². The van der Waals surface area contributed by atoms with E-state index in [4.69, 9.17) is 16.3 Å². The minimum Gasteiger partial charge on any atom is -0.476 e. The van der Waals surface area contributed by atoms with Crippen LogP contribution in [0.4, 0.5) is 10.2 Å². The Morgan fingerprint density at radius 2 is 1.89 bits per heavy atom. The van der Waals surface area contributed by atoms with Crippen LogP contribution in [0.1, 0.15) is 11.8 Å². The first-order chi connectivity index (χ1) is 16.9. The number of aromatic nitrogens is 4. The van der Waals surface area contributed by atoms with Crippen molar-refractivity contribution < 1.29 is 19.3 Å². The molecule has 6 rings (SSSR count). The summed E-state index contributed by atoms with van der Waals surface area (Å²) in [5, 5.41) is 27.9. The summed E-state index contributed by atoms with van der Waals surface area (Å²) in [7, 11) is 0. The van der Waals surface area contributed by atoms with Crippen molar-refractivity contribution >= 4 is 22.9 Å². The summed E-state index contributed by atoms with van der Waals surface area (Å²) in [6.07, 6.45) is 2.86. The lowest BCUT2D eigenvalue weighted by molar-refractivity contribution is -0.115. The van der Waals surface area contributed by atoms with E-state index in [0.29, 0.717) is 16.0 Å². The molecule has 0 saturated carbocycles. The molecule has 3 N–H and O–H groups in total. The highest BCUT2D eigenvalue weighted by atomic mass is 35.5. The van der Waals surface area contributed by atoms with Gasteiger partial charge >= 0.3 is 0 Å². The fourth-order valence-electron chi connectivity index (χ4n) is 4.63. The van der Waals surface area contributed by atoms with Crippen molar-refractivity contribution in [1.82, 2.24) is 24.9 Å². The van der Waals surface area contributed by atoms with Crippen molar-refractivity contribution in [2.24, 2.45) is 5.41 Å². The van der Waals surface area contributed by atoms with Crippen molar-refractivity contribution in [2.45, 2.75) is 12.4 Å². The number of aliphatic hydroxyl groups is 2. The Bertz CT molecular complexity index is 1370. The number of aliphatic hydroxyl groups excluding tert-OH is 1. The second kappa shape index (κ2) is 8.42. The summed E-state index contributed by atoms with van der Waals surface area (Å²) in [5.41, 5.74) is 2.58. The molecule has 2 aliphatic heterocycles. The molecule has 0 amide bonds. The Morgan fingerprint density at radius 3 is 2.51 bits per heavy atom. The lowest BCUT2D eigenvalue weighted by Crippen LogP contribution is -2.71. The molecular formula is C24H22ClFN6O3. The van der Waals surface area contributed by atoms with Gasteiger partial charge in [-0.05, 0) is 30.3 Å². The van der Waals surface area contributed by atoms with Gasteiger partial charge in [-0.15, -0.1) is 0 Å². The van der Waals surface area contributed by atoms with Gasteiger partial charge in [-0.1, -0.05) is 11.6 Å². The van der Waals surface area contributed by atoms with Gasteiger partial charge in [0.1, 0.15) is 22.9 Å². The first-order valence-electron chi connectivity index (χ1n) is 11.1. The van der Waals surface area contributed by atoms with E-state index in [9.17, 15) is 14.6 Å². The third kappa shape index (κ3) is 3.98. The van der Waals surface area contributed by atoms with Crippen LogP contribution in [0.5, 0.6) is 5.75 Å². The fraction of sp³-hybridized carbons (Fsp3) is 0.292. The van der Waals surface area contributed by atoms with Gasteiger partial charge in [0.2, 0.25) is 0 Å². The molecule has 2 saturated heterocycles. The van der Waals surface area contributed by atoms with Crippen LogP contribution in [0.15, 0.2) is 55.1 Å². The van der Waals surface area contributed by atoms with Gasteiger partial charge in [-0.25, -0.2) is 13.9 Å². The Morgan fingerprint density at radius 1 is 1.06 bits per heavy atom. The molecule has 0 aliphatic carbocycles. The molecule has 4 aromatic heterocycles. The third-order valence-corrected chi connectivity index (χ3v) is 6.83. The van der Waals surface area contributed by atoms with Gasteiger partial charge in [0.25, 0.3) is 0 Å². The molecule has 4 aromatic rings. The van der Waals surface area contributed by atoms with E-state index < -0.39 is 18.2 Å². The molecule has 9 nitrogen and oxygen atoms in total. The third-order valence-electron chi connectivity index (χ3n) is 6.56. The average molecular weight is 497 g/mol. The Hall–Kier alpha value is -3.31. The number of pyridine rings is 3. The van der Waals surface area contributed by atoms with Gasteiger partial charge in [-0.2, -0.15) is 5.10 Å². The van der Waals surface area contributed by atoms with Crippen LogP contribution in [-0.4, -0.2) is 62.3 Å². The predicted octanol–water partition coefficient (Wildman–Crippen LogP) is 2.42. The zero-order valence-corrected chi connectivity index (χ0v) is 19.2. The lowest BCUT2D eigenvalue weighted by Gasteiger charge is -2.56. The van der Waals surface area contributed by atoms with Crippen molar-refractivity contribution in [1.29, 1.82) is 0 Å². The summed E-state index contributed by atoms with van der Waals surface area (Å²) >= 11 is 6.35. The lowest BCUT2D eigenvalue weighted by atomic mass is 9.74. The number of hydrogen-bond acceptors (Lipinski definition) is 8. The molecule has 11 heteroatoms. The van der Waals surface area contributed by atoms with Crippen LogP contribution >= 0.6 is 11.6 Å². The normalized spacial score (nSPS) is 17.5. The average Bonchev–Trinajstić information content (AvgIpc) is 3.17. The van der Waals surface area contributed by atoms with Crippen LogP contribution < -0.4 is 15.0 Å². The van der Waals surface area contributed by atoms with Crippen LogP contribution in [0.25, 0.3) is 16.6 Å². The first-order valence-corrected chi connectivity index (χ1v) is 11.5. The maximum absolute atomic E-state index is 13.3. The second-order valence-electron chi connectivity index (χ2n) is 9.10. The van der Waals surface area contributed by atoms with Gasteiger partial charge in [0.15, 0.2) is 12.4 Å². The number of nitrogens with zero attached hydrogens (tertiary/aromatic N) is 5. The van der Waals surface area contributed by atoms with Crippen molar-refractivity contribution in [3.05, 3.63) is 71.7 Å². The van der Waals surface area contributed by atoms with E-state index in [0.717, 1.165) is 49.3 Å². The Kier molecular flexibility index (Phi) is 5.33. The largest absolute Gasteiger partial charge is 0.476 e. The van der Waals surface area contributed by atoms with E-state index in [-0.39, 0.29) is 11.4 Å². The number of rotatable bonds is 6. The van der Waals surface area contributed by atoms with Crippen LogP contribution in [-0.2, 0) is 0 Å². The standard InChI is InChI=1S/C24H22ClFN6O3/c25-17-8-30-32-9-15(14-1-4-20(29-6-14)31-12-24(13-31)10-27-11-24)5-19(21(17)32)35-22(23(33)34)18-3-2-16(26)7-28-18/h1-9,22-23,27,33-34H,10-13H2/t22-/m0/s1. The van der Waals surface area contributed by atoms with Crippen molar-refractivity contribution in [2.75, 3.05) is 31.1 Å². The number of anilines is 1. The van der Waals surface area contributed by atoms with Crippen LogP contribution in [0, 0.1) is 11.2 Å². The summed E-state index contributed by atoms with van der Waals surface area (Å²) in [6, 6.07) is 8.20. The van der Waals surface area contributed by atoms with Gasteiger partial charge in [-0.3, -0.25) is 4.98 Å². The first kappa shape index (κ1) is 22.2. The summed E-state index contributed by atoms with van der Waals surface area (Å²) in [6.45, 7) is 4.14. The summed E-state index contributed by atoms with van der Waals surface area (Å²) in [5.74, 6) is 0.647. The number of fused-ring (bicyclic) bond motifs is 1. The summed E-state index contributed by atoms with van der Waals surface area (Å²) < 4.78 is 20.9. The van der Waals surface area contributed by atoms with Gasteiger partial charge in [0.05, 0.1) is 23.1 Å². The number of hydrogen-bond donors (Lipinski definition) is 3. The van der Waals surface area contributed by atoms with E-state index in [1.165, 1.54) is 18.3 Å². The zero-order valence-electron chi connectivity index (χ0n) is 18.5. The smallest absolute Gasteiger partial charge is 0.195 e. The quantitative estimate of drug-likeness (QED) is 0.349. The van der Waals surface area contributed by atoms with E-state index in [2.05, 4.69) is 25.3 Å². The van der Waals surface area contributed by atoms with Gasteiger partial charge < -0.3 is 25.2 Å². The SMILES string of the molecule is OC(O)[C@@H](Oc1cc(-c2ccc(N3CC4(CNC4)C3)nc2)cn2ncc(Cl)c12)c1ccc(F)cn1. The molecule has 6 heterocycles. The molecule has 1 spiro atoms. The van der Waals surface area contributed by atoms with Crippen LogP contribution in [0.2, 0.25) is 5.02 Å². The minimum atomic E-state index is -1.91. The van der Waals surface area contributed by atoms with E-state index >= 15 is 0 Å². The molecule has 0 radical (unpaired) electrons. The molecule has 180 valence electrons. The maximum atomic E-state index is 13.3. The highest BCUT2D eigenvalue weighted by Crippen LogP contribution is 2.38. The van der Waals surface area contributed by atoms with Crippen LogP contribution in [0.3, 0.4) is 0 Å². The molecule has 2 fully saturated rings. The number of nitrogens with one attached hydrogen (secondary N) is 1. The maximum Gasteiger partial charge on any atom is 0.195 e. The predicted molar refractivity (Wildman–Crippen MR) is 127 cm³/mol. The molecule has 0 unspecified atom stereocenters. The topological polar surface area (TPSA) is 108 Å². The van der Waals surface area contributed by atoms with E-state index in [1.807, 2.05) is 12.1 Å². The molecule has 35 heavy (non-hydrogen) atoms. The number of ether oxygens (including phenoxy) is 1. The Labute approximate surface area is 204 Å². The monoisotopic (exact) mass is 496 g/mol. The zero-order chi connectivity index (χ0) is 24.2. The molecule has 0 aromatic carbocycles. The fourth-order valence-corrected chi connectivity index (χ4v) is 4.86. The Balaban J connectivity index is 1.32. The van der Waals surface area contributed by atoms with E-state index in [1.54, 1.807) is 23.0 Å². The van der Waals surface area contributed by atoms with Crippen molar-refractivity contribution in [3.8, 4) is 16.9 Å². The molecule has 0 bridgehead atoms. The van der Waals surface area contributed by atoms with Crippen molar-refractivity contribution in [3.63, 3.8) is 0 Å². The molecule has 1 atom stereocenters. The highest BCUT2D eigenvalue weighted by Gasteiger charge is 2.47.